The first-order valence-corrected chi connectivity index (χ1v) is 9.54. The molecule has 0 spiro atoms. The van der Waals surface area contributed by atoms with Crippen molar-refractivity contribution in [3.05, 3.63) is 82.7 Å². The van der Waals surface area contributed by atoms with Crippen molar-refractivity contribution in [2.75, 3.05) is 13.7 Å². The molecule has 1 N–H and O–H groups in total. The maximum atomic E-state index is 12.9. The van der Waals surface area contributed by atoms with E-state index in [0.717, 1.165) is 30.7 Å². The van der Waals surface area contributed by atoms with E-state index in [1.165, 1.54) is 11.1 Å². The summed E-state index contributed by atoms with van der Waals surface area (Å²) in [5, 5.41) is 7.36. The van der Waals surface area contributed by atoms with Gasteiger partial charge in [-0.05, 0) is 43.9 Å². The SMILES string of the molecule is COc1ccccc1C(=O)NCC1(c2ccccc2)CCc2noc(C)c2C1. The predicted molar refractivity (Wildman–Crippen MR) is 107 cm³/mol. The first kappa shape index (κ1) is 18.3. The van der Waals surface area contributed by atoms with Crippen LogP contribution in [0.4, 0.5) is 0 Å². The van der Waals surface area contributed by atoms with Crippen LogP contribution in [0.1, 0.15) is 39.4 Å². The highest BCUT2D eigenvalue weighted by molar-refractivity contribution is 5.97. The van der Waals surface area contributed by atoms with Crippen LogP contribution in [0.5, 0.6) is 5.75 Å². The van der Waals surface area contributed by atoms with Crippen molar-refractivity contribution in [2.45, 2.75) is 31.6 Å². The van der Waals surface area contributed by atoms with Gasteiger partial charge in [0.2, 0.25) is 0 Å². The normalized spacial score (nSPS) is 18.4. The highest BCUT2D eigenvalue weighted by Gasteiger charge is 2.39. The molecular weight excluding hydrogens is 352 g/mol. The van der Waals surface area contributed by atoms with Crippen LogP contribution >= 0.6 is 0 Å². The molecule has 2 aromatic carbocycles. The van der Waals surface area contributed by atoms with Gasteiger partial charge in [0.05, 0.1) is 18.4 Å². The van der Waals surface area contributed by atoms with Crippen LogP contribution in [0, 0.1) is 6.92 Å². The number of methoxy groups -OCH3 is 1. The number of aryl methyl sites for hydroxylation is 2. The van der Waals surface area contributed by atoms with E-state index in [1.54, 1.807) is 19.2 Å². The summed E-state index contributed by atoms with van der Waals surface area (Å²) in [5.41, 5.74) is 3.79. The van der Waals surface area contributed by atoms with Crippen LogP contribution in [-0.4, -0.2) is 24.7 Å². The molecule has 144 valence electrons. The van der Waals surface area contributed by atoms with Gasteiger partial charge in [0, 0.05) is 17.5 Å². The summed E-state index contributed by atoms with van der Waals surface area (Å²) in [4.78, 5) is 12.9. The quantitative estimate of drug-likeness (QED) is 0.735. The minimum Gasteiger partial charge on any atom is -0.496 e. The van der Waals surface area contributed by atoms with E-state index < -0.39 is 0 Å². The van der Waals surface area contributed by atoms with Crippen LogP contribution in [0.25, 0.3) is 0 Å². The number of carbonyl (C=O) groups excluding carboxylic acids is 1. The summed E-state index contributed by atoms with van der Waals surface area (Å²) >= 11 is 0. The molecule has 5 nitrogen and oxygen atoms in total. The number of fused-ring (bicyclic) bond motifs is 1. The zero-order chi connectivity index (χ0) is 19.6. The number of nitrogens with zero attached hydrogens (tertiary/aromatic N) is 1. The lowest BCUT2D eigenvalue weighted by Gasteiger charge is -2.37. The molecule has 1 amide bonds. The van der Waals surface area contributed by atoms with E-state index in [0.29, 0.717) is 17.9 Å². The van der Waals surface area contributed by atoms with Crippen molar-refractivity contribution in [1.29, 1.82) is 0 Å². The van der Waals surface area contributed by atoms with Gasteiger partial charge in [-0.3, -0.25) is 4.79 Å². The smallest absolute Gasteiger partial charge is 0.255 e. The average molecular weight is 376 g/mol. The number of hydrogen-bond acceptors (Lipinski definition) is 4. The fourth-order valence-corrected chi connectivity index (χ4v) is 4.11. The number of benzene rings is 2. The number of carbonyl (C=O) groups is 1. The number of ether oxygens (including phenoxy) is 1. The topological polar surface area (TPSA) is 64.4 Å². The second kappa shape index (κ2) is 7.50. The number of para-hydroxylation sites is 1. The molecule has 4 rings (SSSR count). The molecule has 0 radical (unpaired) electrons. The zero-order valence-electron chi connectivity index (χ0n) is 16.2. The lowest BCUT2D eigenvalue weighted by atomic mass is 9.68. The van der Waals surface area contributed by atoms with Crippen LogP contribution in [0.15, 0.2) is 59.1 Å². The molecule has 1 atom stereocenters. The minimum absolute atomic E-state index is 0.124. The monoisotopic (exact) mass is 376 g/mol. The van der Waals surface area contributed by atoms with Gasteiger partial charge in [-0.25, -0.2) is 0 Å². The Labute approximate surface area is 164 Å². The molecule has 0 bridgehead atoms. The van der Waals surface area contributed by atoms with Crippen LogP contribution in [0.2, 0.25) is 0 Å². The number of amides is 1. The van der Waals surface area contributed by atoms with Gasteiger partial charge in [-0.1, -0.05) is 47.6 Å². The number of rotatable bonds is 5. The maximum absolute atomic E-state index is 12.9. The van der Waals surface area contributed by atoms with Gasteiger partial charge in [-0.2, -0.15) is 0 Å². The van der Waals surface area contributed by atoms with Crippen LogP contribution in [0.3, 0.4) is 0 Å². The van der Waals surface area contributed by atoms with Crippen molar-refractivity contribution >= 4 is 5.91 Å². The third kappa shape index (κ3) is 3.28. The highest BCUT2D eigenvalue weighted by Crippen LogP contribution is 2.39. The molecular formula is C23H24N2O3. The molecule has 0 aliphatic heterocycles. The van der Waals surface area contributed by atoms with Crippen LogP contribution < -0.4 is 10.1 Å². The Morgan fingerprint density at radius 1 is 1.18 bits per heavy atom. The molecule has 0 fully saturated rings. The molecule has 3 aromatic rings. The predicted octanol–water partition coefficient (Wildman–Crippen LogP) is 3.85. The highest BCUT2D eigenvalue weighted by atomic mass is 16.5. The molecule has 1 aliphatic carbocycles. The fourth-order valence-electron chi connectivity index (χ4n) is 4.11. The molecule has 28 heavy (non-hydrogen) atoms. The number of aromatic nitrogens is 1. The molecule has 1 unspecified atom stereocenters. The van der Waals surface area contributed by atoms with Gasteiger partial charge in [0.15, 0.2) is 0 Å². The van der Waals surface area contributed by atoms with E-state index in [-0.39, 0.29) is 11.3 Å². The third-order valence-corrected chi connectivity index (χ3v) is 5.75. The van der Waals surface area contributed by atoms with Crippen molar-refractivity contribution in [1.82, 2.24) is 10.5 Å². The van der Waals surface area contributed by atoms with Gasteiger partial charge < -0.3 is 14.6 Å². The van der Waals surface area contributed by atoms with Gasteiger partial charge >= 0.3 is 0 Å². The maximum Gasteiger partial charge on any atom is 0.255 e. The summed E-state index contributed by atoms with van der Waals surface area (Å²) in [7, 11) is 1.58. The molecule has 1 aliphatic rings. The van der Waals surface area contributed by atoms with Crippen molar-refractivity contribution in [2.24, 2.45) is 0 Å². The zero-order valence-corrected chi connectivity index (χ0v) is 16.2. The van der Waals surface area contributed by atoms with Crippen LogP contribution in [-0.2, 0) is 18.3 Å². The second-order valence-electron chi connectivity index (χ2n) is 7.37. The van der Waals surface area contributed by atoms with Crippen molar-refractivity contribution in [3.8, 4) is 5.75 Å². The van der Waals surface area contributed by atoms with E-state index in [4.69, 9.17) is 9.26 Å². The Hall–Kier alpha value is -3.08. The molecule has 5 heteroatoms. The summed E-state index contributed by atoms with van der Waals surface area (Å²) in [6.07, 6.45) is 2.54. The first-order chi connectivity index (χ1) is 13.6. The molecule has 0 saturated carbocycles. The van der Waals surface area contributed by atoms with E-state index in [2.05, 4.69) is 34.7 Å². The Morgan fingerprint density at radius 3 is 2.71 bits per heavy atom. The molecule has 1 aromatic heterocycles. The molecule has 0 saturated heterocycles. The number of hydrogen-bond donors (Lipinski definition) is 1. The Bertz CT molecular complexity index is 981. The lowest BCUT2D eigenvalue weighted by Crippen LogP contribution is -2.44. The van der Waals surface area contributed by atoms with E-state index in [1.807, 2.05) is 25.1 Å². The largest absolute Gasteiger partial charge is 0.496 e. The summed E-state index contributed by atoms with van der Waals surface area (Å²) in [6.45, 7) is 2.50. The van der Waals surface area contributed by atoms with E-state index >= 15 is 0 Å². The first-order valence-electron chi connectivity index (χ1n) is 9.54. The van der Waals surface area contributed by atoms with Crippen molar-refractivity contribution in [3.63, 3.8) is 0 Å². The second-order valence-corrected chi connectivity index (χ2v) is 7.37. The third-order valence-electron chi connectivity index (χ3n) is 5.75. The van der Waals surface area contributed by atoms with Gasteiger partial charge in [0.25, 0.3) is 5.91 Å². The lowest BCUT2D eigenvalue weighted by molar-refractivity contribution is 0.0937. The summed E-state index contributed by atoms with van der Waals surface area (Å²) < 4.78 is 10.8. The summed E-state index contributed by atoms with van der Waals surface area (Å²) in [5.74, 6) is 1.32. The molecule has 1 heterocycles. The standard InChI is InChI=1S/C23H24N2O3/c1-16-19-14-23(13-12-20(19)25-28-16,17-8-4-3-5-9-17)15-24-22(26)18-10-6-7-11-21(18)27-2/h3-11H,12-15H2,1-2H3,(H,24,26). The summed E-state index contributed by atoms with van der Waals surface area (Å²) in [6, 6.07) is 17.7. The fraction of sp³-hybridized carbons (Fsp3) is 0.304. The Morgan fingerprint density at radius 2 is 1.93 bits per heavy atom. The number of nitrogens with one attached hydrogen (secondary N) is 1. The van der Waals surface area contributed by atoms with Gasteiger partial charge in [-0.15, -0.1) is 0 Å². The minimum atomic E-state index is -0.192. The Kier molecular flexibility index (Phi) is 4.90. The Balaban J connectivity index is 1.63. The average Bonchev–Trinajstić information content (AvgIpc) is 3.12. The van der Waals surface area contributed by atoms with Gasteiger partial charge in [0.1, 0.15) is 11.5 Å². The van der Waals surface area contributed by atoms with Crippen molar-refractivity contribution < 1.29 is 14.1 Å². The van der Waals surface area contributed by atoms with E-state index in [9.17, 15) is 4.79 Å².